The molecule has 5 heteroatoms. The van der Waals surface area contributed by atoms with Crippen LogP contribution in [0.3, 0.4) is 0 Å². The molecule has 0 atom stereocenters. The summed E-state index contributed by atoms with van der Waals surface area (Å²) >= 11 is 0. The molecule has 2 rings (SSSR count). The smallest absolute Gasteiger partial charge is 0.224 e. The molecule has 0 unspecified atom stereocenters. The first-order valence-electron chi connectivity index (χ1n) is 7.91. The van der Waals surface area contributed by atoms with Crippen molar-refractivity contribution in [2.24, 2.45) is 11.1 Å². The third-order valence-electron chi connectivity index (χ3n) is 4.37. The van der Waals surface area contributed by atoms with E-state index in [2.05, 4.69) is 10.6 Å². The van der Waals surface area contributed by atoms with Crippen molar-refractivity contribution in [2.45, 2.75) is 45.4 Å². The first kappa shape index (κ1) is 16.5. The number of anilines is 2. The number of hydrogen-bond donors (Lipinski definition) is 3. The highest BCUT2D eigenvalue weighted by Crippen LogP contribution is 2.38. The topological polar surface area (TPSA) is 84.2 Å². The van der Waals surface area contributed by atoms with Crippen LogP contribution in [-0.2, 0) is 9.59 Å². The SMILES string of the molecule is CC(=O)Nc1ccc(NC(=O)CC2(CN)CCCCC2)cc1. The lowest BCUT2D eigenvalue weighted by atomic mass is 9.71. The maximum absolute atomic E-state index is 12.3. The summed E-state index contributed by atoms with van der Waals surface area (Å²) in [6, 6.07) is 7.13. The molecule has 1 saturated carbocycles. The number of hydrogen-bond acceptors (Lipinski definition) is 3. The zero-order chi connectivity index (χ0) is 16.0. The summed E-state index contributed by atoms with van der Waals surface area (Å²) in [5.74, 6) is -0.0985. The van der Waals surface area contributed by atoms with E-state index in [0.29, 0.717) is 13.0 Å². The average Bonchev–Trinajstić information content (AvgIpc) is 2.49. The van der Waals surface area contributed by atoms with Crippen LogP contribution in [0.1, 0.15) is 45.4 Å². The first-order chi connectivity index (χ1) is 10.5. The van der Waals surface area contributed by atoms with Gasteiger partial charge in [0.25, 0.3) is 0 Å². The Morgan fingerprint density at radius 3 is 2.09 bits per heavy atom. The molecule has 1 aromatic carbocycles. The fourth-order valence-electron chi connectivity index (χ4n) is 3.14. The van der Waals surface area contributed by atoms with Crippen molar-refractivity contribution < 1.29 is 9.59 Å². The molecule has 0 bridgehead atoms. The monoisotopic (exact) mass is 303 g/mol. The Balaban J connectivity index is 1.92. The molecule has 2 amide bonds. The standard InChI is InChI=1S/C17H25N3O2/c1-13(21)19-14-5-7-15(8-6-14)20-16(22)11-17(12-18)9-3-2-4-10-17/h5-8H,2-4,9-12,18H2,1H3,(H,19,21)(H,20,22). The van der Waals surface area contributed by atoms with Gasteiger partial charge in [-0.3, -0.25) is 9.59 Å². The van der Waals surface area contributed by atoms with Gasteiger partial charge in [-0.1, -0.05) is 19.3 Å². The zero-order valence-electron chi connectivity index (χ0n) is 13.2. The lowest BCUT2D eigenvalue weighted by Crippen LogP contribution is -2.36. The number of amides is 2. The van der Waals surface area contributed by atoms with Crippen LogP contribution in [0, 0.1) is 5.41 Å². The number of carbonyl (C=O) groups is 2. The molecule has 0 spiro atoms. The number of nitrogens with two attached hydrogens (primary N) is 1. The Morgan fingerprint density at radius 2 is 1.59 bits per heavy atom. The number of nitrogens with one attached hydrogen (secondary N) is 2. The van der Waals surface area contributed by atoms with Gasteiger partial charge in [0.1, 0.15) is 0 Å². The van der Waals surface area contributed by atoms with Gasteiger partial charge in [-0.2, -0.15) is 0 Å². The minimum absolute atomic E-state index is 0.0135. The van der Waals surface area contributed by atoms with Gasteiger partial charge in [0.15, 0.2) is 0 Å². The maximum atomic E-state index is 12.3. The summed E-state index contributed by atoms with van der Waals surface area (Å²) < 4.78 is 0. The zero-order valence-corrected chi connectivity index (χ0v) is 13.2. The molecular formula is C17H25N3O2. The third kappa shape index (κ3) is 4.56. The maximum Gasteiger partial charge on any atom is 0.224 e. The van der Waals surface area contributed by atoms with Gasteiger partial charge in [-0.25, -0.2) is 0 Å². The Labute approximate surface area is 131 Å². The highest BCUT2D eigenvalue weighted by Gasteiger charge is 2.32. The molecule has 0 heterocycles. The van der Waals surface area contributed by atoms with Crippen molar-refractivity contribution in [3.05, 3.63) is 24.3 Å². The van der Waals surface area contributed by atoms with Crippen LogP contribution in [0.2, 0.25) is 0 Å². The Bertz CT molecular complexity index is 519. The van der Waals surface area contributed by atoms with Crippen LogP contribution in [-0.4, -0.2) is 18.4 Å². The summed E-state index contributed by atoms with van der Waals surface area (Å²) in [5, 5.41) is 5.62. The van der Waals surface area contributed by atoms with Gasteiger partial charge in [0.2, 0.25) is 11.8 Å². The minimum atomic E-state index is -0.112. The van der Waals surface area contributed by atoms with E-state index in [0.717, 1.165) is 37.1 Å². The van der Waals surface area contributed by atoms with E-state index in [1.54, 1.807) is 24.3 Å². The molecule has 22 heavy (non-hydrogen) atoms. The molecule has 0 aliphatic heterocycles. The van der Waals surface area contributed by atoms with E-state index in [1.165, 1.54) is 13.3 Å². The van der Waals surface area contributed by atoms with Crippen molar-refractivity contribution in [2.75, 3.05) is 17.2 Å². The van der Waals surface area contributed by atoms with Gasteiger partial charge in [0, 0.05) is 24.7 Å². The van der Waals surface area contributed by atoms with Gasteiger partial charge in [-0.15, -0.1) is 0 Å². The van der Waals surface area contributed by atoms with Gasteiger partial charge < -0.3 is 16.4 Å². The molecule has 1 aliphatic carbocycles. The van der Waals surface area contributed by atoms with Crippen LogP contribution in [0.5, 0.6) is 0 Å². The lowest BCUT2D eigenvalue weighted by Gasteiger charge is -2.35. The first-order valence-corrected chi connectivity index (χ1v) is 7.91. The minimum Gasteiger partial charge on any atom is -0.330 e. The number of benzene rings is 1. The van der Waals surface area contributed by atoms with E-state index in [1.807, 2.05) is 0 Å². The molecule has 0 radical (unpaired) electrons. The predicted molar refractivity (Wildman–Crippen MR) is 88.6 cm³/mol. The Kier molecular flexibility index (Phi) is 5.55. The van der Waals surface area contributed by atoms with Crippen molar-refractivity contribution in [3.8, 4) is 0 Å². The van der Waals surface area contributed by atoms with Gasteiger partial charge in [-0.05, 0) is 49.1 Å². The summed E-state index contributed by atoms with van der Waals surface area (Å²) in [6.07, 6.45) is 6.13. The molecular weight excluding hydrogens is 278 g/mol. The van der Waals surface area contributed by atoms with Gasteiger partial charge in [0.05, 0.1) is 0 Å². The molecule has 1 fully saturated rings. The van der Waals surface area contributed by atoms with Crippen LogP contribution < -0.4 is 16.4 Å². The fraction of sp³-hybridized carbons (Fsp3) is 0.529. The number of rotatable bonds is 5. The highest BCUT2D eigenvalue weighted by atomic mass is 16.2. The van der Waals surface area contributed by atoms with E-state index in [4.69, 9.17) is 5.73 Å². The largest absolute Gasteiger partial charge is 0.330 e. The Morgan fingerprint density at radius 1 is 1.05 bits per heavy atom. The second-order valence-electron chi connectivity index (χ2n) is 6.25. The lowest BCUT2D eigenvalue weighted by molar-refractivity contribution is -0.119. The molecule has 1 aromatic rings. The molecule has 5 nitrogen and oxygen atoms in total. The van der Waals surface area contributed by atoms with E-state index >= 15 is 0 Å². The molecule has 1 aliphatic rings. The molecule has 120 valence electrons. The quantitative estimate of drug-likeness (QED) is 0.782. The van der Waals surface area contributed by atoms with Crippen LogP contribution in [0.15, 0.2) is 24.3 Å². The van der Waals surface area contributed by atoms with Crippen LogP contribution in [0.25, 0.3) is 0 Å². The average molecular weight is 303 g/mol. The van der Waals surface area contributed by atoms with Crippen molar-refractivity contribution in [1.29, 1.82) is 0 Å². The van der Waals surface area contributed by atoms with E-state index < -0.39 is 0 Å². The van der Waals surface area contributed by atoms with Crippen molar-refractivity contribution in [1.82, 2.24) is 0 Å². The normalized spacial score (nSPS) is 16.8. The Hall–Kier alpha value is -1.88. The summed E-state index contributed by atoms with van der Waals surface area (Å²) in [4.78, 5) is 23.2. The molecule has 0 saturated heterocycles. The second kappa shape index (κ2) is 7.40. The third-order valence-corrected chi connectivity index (χ3v) is 4.37. The molecule has 0 aromatic heterocycles. The highest BCUT2D eigenvalue weighted by molar-refractivity contribution is 5.92. The van der Waals surface area contributed by atoms with E-state index in [9.17, 15) is 9.59 Å². The predicted octanol–water partition coefficient (Wildman–Crippen LogP) is 2.88. The van der Waals surface area contributed by atoms with Crippen molar-refractivity contribution in [3.63, 3.8) is 0 Å². The van der Waals surface area contributed by atoms with Crippen LogP contribution >= 0.6 is 0 Å². The fourth-order valence-corrected chi connectivity index (χ4v) is 3.14. The van der Waals surface area contributed by atoms with Crippen LogP contribution in [0.4, 0.5) is 11.4 Å². The summed E-state index contributed by atoms with van der Waals surface area (Å²) in [6.45, 7) is 2.04. The summed E-state index contributed by atoms with van der Waals surface area (Å²) in [5.41, 5.74) is 7.35. The summed E-state index contributed by atoms with van der Waals surface area (Å²) in [7, 11) is 0. The van der Waals surface area contributed by atoms with Gasteiger partial charge >= 0.3 is 0 Å². The van der Waals surface area contributed by atoms with Crippen molar-refractivity contribution >= 4 is 23.2 Å². The molecule has 4 N–H and O–H groups in total. The number of carbonyl (C=O) groups excluding carboxylic acids is 2. The van der Waals surface area contributed by atoms with E-state index in [-0.39, 0.29) is 17.2 Å². The second-order valence-corrected chi connectivity index (χ2v) is 6.25.